The van der Waals surface area contributed by atoms with Crippen molar-refractivity contribution in [3.05, 3.63) is 59.2 Å². The van der Waals surface area contributed by atoms with Crippen molar-refractivity contribution in [3.8, 4) is 0 Å². The molecule has 0 radical (unpaired) electrons. The summed E-state index contributed by atoms with van der Waals surface area (Å²) in [6.07, 6.45) is 0.947. The Labute approximate surface area is 142 Å². The Morgan fingerprint density at radius 1 is 1.17 bits per heavy atom. The number of para-hydroxylation sites is 1. The number of benzene rings is 2. The predicted molar refractivity (Wildman–Crippen MR) is 98.3 cm³/mol. The quantitative estimate of drug-likeness (QED) is 0.758. The third-order valence-corrected chi connectivity index (χ3v) is 5.66. The van der Waals surface area contributed by atoms with Crippen LogP contribution in [0.2, 0.25) is 0 Å². The van der Waals surface area contributed by atoms with Gasteiger partial charge in [0, 0.05) is 16.6 Å². The molecule has 1 amide bonds. The number of hydrogen-bond acceptors (Lipinski definition) is 2. The lowest BCUT2D eigenvalue weighted by Crippen LogP contribution is -2.40. The van der Waals surface area contributed by atoms with E-state index in [1.807, 2.05) is 24.0 Å². The Balaban J connectivity index is 1.78. The minimum absolute atomic E-state index is 0.0919. The van der Waals surface area contributed by atoms with E-state index in [2.05, 4.69) is 51.1 Å². The fourth-order valence-electron chi connectivity index (χ4n) is 3.14. The lowest BCUT2D eigenvalue weighted by molar-refractivity contribution is -0.118. The van der Waals surface area contributed by atoms with Crippen LogP contribution in [0.3, 0.4) is 0 Å². The summed E-state index contributed by atoms with van der Waals surface area (Å²) in [5.41, 5.74) is 4.92. The molecule has 2 aromatic carbocycles. The highest BCUT2D eigenvalue weighted by Gasteiger charge is 2.33. The van der Waals surface area contributed by atoms with Gasteiger partial charge in [-0.2, -0.15) is 0 Å². The Bertz CT molecular complexity index is 740. The maximum atomic E-state index is 13.0. The molecule has 0 N–H and O–H groups in total. The second-order valence-electron chi connectivity index (χ2n) is 6.40. The van der Waals surface area contributed by atoms with Gasteiger partial charge in [0.15, 0.2) is 0 Å². The van der Waals surface area contributed by atoms with Gasteiger partial charge in [-0.1, -0.05) is 24.3 Å². The van der Waals surface area contributed by atoms with Crippen LogP contribution in [0.1, 0.15) is 30.5 Å². The van der Waals surface area contributed by atoms with E-state index in [0.29, 0.717) is 0 Å². The molecule has 3 heteroatoms. The summed E-state index contributed by atoms with van der Waals surface area (Å²) in [7, 11) is 0. The zero-order valence-corrected chi connectivity index (χ0v) is 15.0. The molecule has 0 fully saturated rings. The number of carbonyl (C=O) groups excluding carboxylic acids is 1. The van der Waals surface area contributed by atoms with Crippen LogP contribution in [0.15, 0.2) is 47.4 Å². The lowest BCUT2D eigenvalue weighted by Gasteiger charge is -2.26. The molecule has 2 nitrogen and oxygen atoms in total. The monoisotopic (exact) mass is 325 g/mol. The van der Waals surface area contributed by atoms with E-state index >= 15 is 0 Å². The molecule has 0 bridgehead atoms. The molecule has 0 aromatic heterocycles. The van der Waals surface area contributed by atoms with Crippen LogP contribution in [0.25, 0.3) is 0 Å². The number of carbonyl (C=O) groups is 1. The molecule has 0 saturated heterocycles. The maximum Gasteiger partial charge on any atom is 0.240 e. The van der Waals surface area contributed by atoms with E-state index in [1.54, 1.807) is 11.8 Å². The molecule has 0 saturated carbocycles. The number of fused-ring (bicyclic) bond motifs is 1. The first-order valence-corrected chi connectivity index (χ1v) is 9.00. The summed E-state index contributed by atoms with van der Waals surface area (Å²) >= 11 is 1.65. The van der Waals surface area contributed by atoms with Gasteiger partial charge >= 0.3 is 0 Å². The average molecular weight is 325 g/mol. The van der Waals surface area contributed by atoms with Crippen LogP contribution in [0.5, 0.6) is 0 Å². The normalized spacial score (nSPS) is 17.9. The van der Waals surface area contributed by atoms with Gasteiger partial charge in [-0.05, 0) is 69.0 Å². The van der Waals surface area contributed by atoms with Crippen molar-refractivity contribution in [1.29, 1.82) is 0 Å². The topological polar surface area (TPSA) is 20.3 Å². The van der Waals surface area contributed by atoms with Crippen molar-refractivity contribution in [2.75, 3.05) is 4.90 Å². The Morgan fingerprint density at radius 3 is 2.65 bits per heavy atom. The first-order valence-electron chi connectivity index (χ1n) is 8.12. The van der Waals surface area contributed by atoms with E-state index in [4.69, 9.17) is 0 Å². The van der Waals surface area contributed by atoms with Gasteiger partial charge in [0.25, 0.3) is 0 Å². The van der Waals surface area contributed by atoms with E-state index < -0.39 is 0 Å². The molecule has 0 spiro atoms. The molecule has 1 aliphatic rings. The summed E-state index contributed by atoms with van der Waals surface area (Å²) < 4.78 is 0. The molecule has 0 aliphatic carbocycles. The molecule has 120 valence electrons. The molecule has 1 heterocycles. The molecule has 1 aliphatic heterocycles. The SMILES string of the molecule is Cc1ccc(S[C@@H](C)C(=O)N2c3ccccc3C[C@H]2C)cc1C. The largest absolute Gasteiger partial charge is 0.308 e. The smallest absolute Gasteiger partial charge is 0.240 e. The first-order chi connectivity index (χ1) is 11.0. The van der Waals surface area contributed by atoms with Crippen LogP contribution in [-0.2, 0) is 11.2 Å². The van der Waals surface area contributed by atoms with E-state index in [9.17, 15) is 4.79 Å². The number of thioether (sulfide) groups is 1. The second-order valence-corrected chi connectivity index (χ2v) is 7.81. The second kappa shape index (κ2) is 6.40. The van der Waals surface area contributed by atoms with E-state index in [0.717, 1.165) is 17.0 Å². The maximum absolute atomic E-state index is 13.0. The van der Waals surface area contributed by atoms with Crippen molar-refractivity contribution < 1.29 is 4.79 Å². The zero-order chi connectivity index (χ0) is 16.6. The Kier molecular flexibility index (Phi) is 4.49. The lowest BCUT2D eigenvalue weighted by atomic mass is 10.1. The van der Waals surface area contributed by atoms with Gasteiger partial charge in [0.1, 0.15) is 0 Å². The minimum Gasteiger partial charge on any atom is -0.308 e. The summed E-state index contributed by atoms with van der Waals surface area (Å²) in [5, 5.41) is -0.0919. The number of anilines is 1. The highest BCUT2D eigenvalue weighted by Crippen LogP contribution is 2.35. The van der Waals surface area contributed by atoms with Crippen LogP contribution in [0, 0.1) is 13.8 Å². The number of hydrogen-bond donors (Lipinski definition) is 0. The molecule has 2 atom stereocenters. The zero-order valence-electron chi connectivity index (χ0n) is 14.2. The van der Waals surface area contributed by atoms with Gasteiger partial charge in [0.2, 0.25) is 5.91 Å². The average Bonchev–Trinajstić information content (AvgIpc) is 2.86. The minimum atomic E-state index is -0.0919. The fourth-order valence-corrected chi connectivity index (χ4v) is 4.15. The highest BCUT2D eigenvalue weighted by atomic mass is 32.2. The number of aryl methyl sites for hydroxylation is 2. The van der Waals surface area contributed by atoms with Crippen molar-refractivity contribution in [2.45, 2.75) is 50.3 Å². The summed E-state index contributed by atoms with van der Waals surface area (Å²) in [5.74, 6) is 0.200. The van der Waals surface area contributed by atoms with Crippen LogP contribution in [0.4, 0.5) is 5.69 Å². The van der Waals surface area contributed by atoms with Crippen LogP contribution in [-0.4, -0.2) is 17.2 Å². The van der Waals surface area contributed by atoms with Crippen molar-refractivity contribution >= 4 is 23.4 Å². The molecular weight excluding hydrogens is 302 g/mol. The van der Waals surface area contributed by atoms with Gasteiger partial charge in [-0.15, -0.1) is 11.8 Å². The van der Waals surface area contributed by atoms with Gasteiger partial charge < -0.3 is 4.90 Å². The number of rotatable bonds is 3. The van der Waals surface area contributed by atoms with E-state index in [-0.39, 0.29) is 17.2 Å². The molecule has 2 aromatic rings. The number of nitrogens with zero attached hydrogens (tertiary/aromatic N) is 1. The molecule has 23 heavy (non-hydrogen) atoms. The van der Waals surface area contributed by atoms with E-state index in [1.165, 1.54) is 16.7 Å². The molecular formula is C20H23NOS. The third kappa shape index (κ3) is 3.16. The summed E-state index contributed by atoms with van der Waals surface area (Å²) in [6.45, 7) is 8.37. The fraction of sp³-hybridized carbons (Fsp3) is 0.350. The molecule has 3 rings (SSSR count). The first kappa shape index (κ1) is 16.1. The van der Waals surface area contributed by atoms with Crippen molar-refractivity contribution in [3.63, 3.8) is 0 Å². The molecule has 0 unspecified atom stereocenters. The Hall–Kier alpha value is -1.74. The van der Waals surface area contributed by atoms with Gasteiger partial charge in [-0.3, -0.25) is 4.79 Å². The highest BCUT2D eigenvalue weighted by molar-refractivity contribution is 8.00. The Morgan fingerprint density at radius 2 is 1.91 bits per heavy atom. The summed E-state index contributed by atoms with van der Waals surface area (Å²) in [4.78, 5) is 16.1. The van der Waals surface area contributed by atoms with Crippen molar-refractivity contribution in [1.82, 2.24) is 0 Å². The third-order valence-electron chi connectivity index (χ3n) is 4.58. The van der Waals surface area contributed by atoms with Crippen molar-refractivity contribution in [2.24, 2.45) is 0 Å². The van der Waals surface area contributed by atoms with Gasteiger partial charge in [0.05, 0.1) is 5.25 Å². The standard InChI is InChI=1S/C20H23NOS/c1-13-9-10-18(11-14(13)2)23-16(4)20(22)21-15(3)12-17-7-5-6-8-19(17)21/h5-11,15-16H,12H2,1-4H3/t15-,16+/m1/s1. The summed E-state index contributed by atoms with van der Waals surface area (Å²) in [6, 6.07) is 14.9. The van der Waals surface area contributed by atoms with Crippen LogP contribution < -0.4 is 4.90 Å². The predicted octanol–water partition coefficient (Wildman–Crippen LogP) is 4.76. The van der Waals surface area contributed by atoms with Crippen LogP contribution >= 0.6 is 11.8 Å². The van der Waals surface area contributed by atoms with Gasteiger partial charge in [-0.25, -0.2) is 0 Å². The number of amides is 1.